The third-order valence-electron chi connectivity index (χ3n) is 1.79. The van der Waals surface area contributed by atoms with E-state index in [0.717, 1.165) is 8.62 Å². The number of hydrogen-bond acceptors (Lipinski definition) is 2. The Bertz CT molecular complexity index is 87.7. The Kier molecular flexibility index (Phi) is 4.72. The van der Waals surface area contributed by atoms with Gasteiger partial charge in [0.1, 0.15) is 0 Å². The zero-order chi connectivity index (χ0) is 7.40. The molecule has 0 heterocycles. The van der Waals surface area contributed by atoms with Crippen molar-refractivity contribution in [2.24, 2.45) is 8.58 Å². The van der Waals surface area contributed by atoms with Crippen molar-refractivity contribution in [3.05, 3.63) is 0 Å². The average molecular weight is 504 g/mol. The quantitative estimate of drug-likeness (QED) is 0.591. The zero-order valence-electron chi connectivity index (χ0n) is 5.77. The van der Waals surface area contributed by atoms with Gasteiger partial charge in [0.25, 0.3) is 0 Å². The van der Waals surface area contributed by atoms with Gasteiger partial charge in [-0.05, 0) is 0 Å². The van der Waals surface area contributed by atoms with E-state index in [0.29, 0.717) is 0 Å². The molecule has 0 bridgehead atoms. The van der Waals surface area contributed by atoms with Gasteiger partial charge in [-0.3, -0.25) is 0 Å². The monoisotopic (exact) mass is 504 g/mol. The predicted octanol–water partition coefficient (Wildman–Crippen LogP) is 1.05. The van der Waals surface area contributed by atoms with Crippen molar-refractivity contribution in [3.8, 4) is 0 Å². The summed E-state index contributed by atoms with van der Waals surface area (Å²) in [7, 11) is 0. The van der Waals surface area contributed by atoms with Gasteiger partial charge in [0.15, 0.2) is 0 Å². The molecule has 0 radical (unpaired) electrons. The van der Waals surface area contributed by atoms with Crippen LogP contribution in [-0.2, 0) is 37.6 Å². The van der Waals surface area contributed by atoms with Gasteiger partial charge in [-0.25, -0.2) is 0 Å². The second kappa shape index (κ2) is 5.03. The normalized spacial score (nSPS) is 35.0. The number of rotatable bonds is 2. The van der Waals surface area contributed by atoms with E-state index in [1.807, 2.05) is 0 Å². The van der Waals surface area contributed by atoms with Gasteiger partial charge < -0.3 is 0 Å². The van der Waals surface area contributed by atoms with Gasteiger partial charge in [0.2, 0.25) is 0 Å². The van der Waals surface area contributed by atoms with E-state index >= 15 is 0 Å². The number of nitrogens with two attached hydrogens (primary N) is 2. The Morgan fingerprint density at radius 3 is 1.60 bits per heavy atom. The van der Waals surface area contributed by atoms with Crippen LogP contribution in [0.3, 0.4) is 0 Å². The molecular weight excluding hydrogens is 490 g/mol. The van der Waals surface area contributed by atoms with Crippen LogP contribution in [0.25, 0.3) is 0 Å². The summed E-state index contributed by atoms with van der Waals surface area (Å²) in [5.41, 5.74) is 0. The predicted molar refractivity (Wildman–Crippen MR) is 34.3 cm³/mol. The van der Waals surface area contributed by atoms with Crippen LogP contribution < -0.4 is 8.58 Å². The van der Waals surface area contributed by atoms with Crippen LogP contribution in [0.4, 0.5) is 0 Å². The SMILES string of the molecule is [NH2][Pt][C@@H]1CCCC[C@H]1[Pt][NH2]. The van der Waals surface area contributed by atoms with Crippen LogP contribution in [0.1, 0.15) is 25.7 Å². The molecular formula is C6H14N2Pt2. The van der Waals surface area contributed by atoms with E-state index in [2.05, 4.69) is 0 Å². The second-order valence-electron chi connectivity index (χ2n) is 2.44. The van der Waals surface area contributed by atoms with Crippen molar-refractivity contribution < 1.29 is 37.6 Å². The van der Waals surface area contributed by atoms with Crippen molar-refractivity contribution in [2.45, 2.75) is 34.3 Å². The first-order valence-corrected chi connectivity index (χ1v) is 8.63. The van der Waals surface area contributed by atoms with E-state index in [4.69, 9.17) is 8.58 Å². The van der Waals surface area contributed by atoms with E-state index in [9.17, 15) is 0 Å². The van der Waals surface area contributed by atoms with Crippen LogP contribution >= 0.6 is 0 Å². The summed E-state index contributed by atoms with van der Waals surface area (Å²) in [6, 6.07) is 0. The van der Waals surface area contributed by atoms with Crippen molar-refractivity contribution >= 4 is 0 Å². The molecule has 0 aromatic carbocycles. The fourth-order valence-electron chi connectivity index (χ4n) is 1.22. The van der Waals surface area contributed by atoms with Gasteiger partial charge in [-0.1, -0.05) is 0 Å². The van der Waals surface area contributed by atoms with Gasteiger partial charge in [0, 0.05) is 0 Å². The topological polar surface area (TPSA) is 52.0 Å². The average Bonchev–Trinajstić information content (AvgIpc) is 2.04. The Hall–Kier alpha value is 1.30. The first-order valence-electron chi connectivity index (χ1n) is 3.38. The number of hydrogen-bond donors (Lipinski definition) is 2. The molecule has 4 heteroatoms. The summed E-state index contributed by atoms with van der Waals surface area (Å²) in [5.74, 6) is 0. The maximum atomic E-state index is 5.74. The minimum atomic E-state index is -0.0214. The summed E-state index contributed by atoms with van der Waals surface area (Å²) >= 11 is -0.0427. The molecule has 0 aromatic heterocycles. The first-order chi connectivity index (χ1) is 4.88. The molecule has 1 fully saturated rings. The molecule has 68 valence electrons. The van der Waals surface area contributed by atoms with E-state index in [1.54, 1.807) is 0 Å². The molecule has 2 nitrogen and oxygen atoms in total. The van der Waals surface area contributed by atoms with Crippen molar-refractivity contribution in [2.75, 3.05) is 0 Å². The van der Waals surface area contributed by atoms with Gasteiger partial charge in [-0.2, -0.15) is 0 Å². The standard InChI is InChI=1S/C6H10.2H2N.2Pt/c1-2-4-6-5-3-1;;;;/h1-2H,3-6H2;2*1H2;;/q;2*-1;2*+1. The van der Waals surface area contributed by atoms with Crippen LogP contribution in [0.2, 0.25) is 8.62 Å². The molecule has 1 rings (SSSR count). The molecule has 0 aromatic rings. The molecule has 0 amide bonds. The molecule has 0 saturated heterocycles. The fraction of sp³-hybridized carbons (Fsp3) is 1.00. The van der Waals surface area contributed by atoms with Crippen molar-refractivity contribution in [1.82, 2.24) is 0 Å². The minimum absolute atomic E-state index is 0.0214. The molecule has 10 heavy (non-hydrogen) atoms. The van der Waals surface area contributed by atoms with Crippen LogP contribution in [0.15, 0.2) is 0 Å². The summed E-state index contributed by atoms with van der Waals surface area (Å²) < 4.78 is 13.2. The maximum absolute atomic E-state index is 5.74. The van der Waals surface area contributed by atoms with Crippen molar-refractivity contribution in [1.29, 1.82) is 0 Å². The Morgan fingerprint density at radius 1 is 0.900 bits per heavy atom. The fourth-order valence-corrected chi connectivity index (χ4v) is 6.83. The Morgan fingerprint density at radius 2 is 1.30 bits per heavy atom. The van der Waals surface area contributed by atoms with Gasteiger partial charge in [-0.15, -0.1) is 0 Å². The third kappa shape index (κ3) is 2.41. The first kappa shape index (κ1) is 9.39. The van der Waals surface area contributed by atoms with Crippen LogP contribution in [0, 0.1) is 0 Å². The molecule has 2 atom stereocenters. The molecule has 4 N–H and O–H groups in total. The second-order valence-corrected chi connectivity index (χ2v) is 7.32. The molecule has 1 aliphatic rings. The van der Waals surface area contributed by atoms with Crippen LogP contribution in [0.5, 0.6) is 0 Å². The van der Waals surface area contributed by atoms with Gasteiger partial charge in [0.05, 0.1) is 0 Å². The Labute approximate surface area is 80.2 Å². The van der Waals surface area contributed by atoms with Crippen LogP contribution in [-0.4, -0.2) is 0 Å². The summed E-state index contributed by atoms with van der Waals surface area (Å²) in [5, 5.41) is 0. The van der Waals surface area contributed by atoms with Crippen molar-refractivity contribution in [3.63, 3.8) is 0 Å². The molecule has 0 unspecified atom stereocenters. The molecule has 1 saturated carbocycles. The zero-order valence-corrected chi connectivity index (χ0v) is 10.3. The third-order valence-corrected chi connectivity index (χ3v) is 8.32. The summed E-state index contributed by atoms with van der Waals surface area (Å²) in [4.78, 5) is 0. The summed E-state index contributed by atoms with van der Waals surface area (Å²) in [6.45, 7) is 0. The molecule has 0 aliphatic heterocycles. The Balaban J connectivity index is 2.34. The summed E-state index contributed by atoms with van der Waals surface area (Å²) in [6.07, 6.45) is 5.57. The van der Waals surface area contributed by atoms with E-state index in [1.165, 1.54) is 25.7 Å². The van der Waals surface area contributed by atoms with E-state index in [-0.39, 0.29) is 37.6 Å². The molecule has 1 aliphatic carbocycles. The van der Waals surface area contributed by atoms with Gasteiger partial charge >= 0.3 is 80.5 Å². The molecule has 0 spiro atoms. The van der Waals surface area contributed by atoms with E-state index < -0.39 is 0 Å².